The zero-order chi connectivity index (χ0) is 92.0. The van der Waals surface area contributed by atoms with Crippen molar-refractivity contribution in [3.05, 3.63) is 276 Å². The number of aliphatic hydroxyl groups is 1. The van der Waals surface area contributed by atoms with Crippen LogP contribution in [0.25, 0.3) is 54.5 Å². The molecule has 9 heterocycles. The third-order valence-electron chi connectivity index (χ3n) is 18.6. The van der Waals surface area contributed by atoms with Gasteiger partial charge >= 0.3 is 36.1 Å². The van der Waals surface area contributed by atoms with Crippen LogP contribution in [-0.2, 0) is 94.8 Å². The molecule has 0 saturated carbocycles. The number of amides is 2. The van der Waals surface area contributed by atoms with Crippen molar-refractivity contribution < 1.29 is 106 Å². The third kappa shape index (κ3) is 21.4. The van der Waals surface area contributed by atoms with E-state index in [1.165, 1.54) is 177 Å². The summed E-state index contributed by atoms with van der Waals surface area (Å²) in [6.45, 7) is 11.1. The van der Waals surface area contributed by atoms with E-state index < -0.39 is 81.4 Å². The topological polar surface area (TPSA) is 454 Å². The number of aromatic amines is 1. The minimum absolute atomic E-state index is 0.00702. The van der Waals surface area contributed by atoms with Gasteiger partial charge in [-0.3, -0.25) is 29.5 Å². The summed E-state index contributed by atoms with van der Waals surface area (Å²) in [4.78, 5) is 115. The number of fused-ring (bicyclic) bond motifs is 5. The van der Waals surface area contributed by atoms with Crippen LogP contribution in [0.1, 0.15) is 126 Å². The van der Waals surface area contributed by atoms with Crippen molar-refractivity contribution in [2.75, 3.05) is 49.6 Å². The first kappa shape index (κ1) is 94.1. The van der Waals surface area contributed by atoms with Gasteiger partial charge in [0.05, 0.1) is 92.5 Å². The molecule has 0 spiro atoms. The molecule has 658 valence electrons. The first-order valence-corrected chi connectivity index (χ1v) is 43.6. The Morgan fingerprint density at radius 1 is 0.429 bits per heavy atom. The molecule has 0 atom stereocenters. The van der Waals surface area contributed by atoms with Crippen LogP contribution in [0, 0.1) is 0 Å². The van der Waals surface area contributed by atoms with Gasteiger partial charge in [-0.15, -0.1) is 0 Å². The zero-order valence-corrected chi connectivity index (χ0v) is 73.6. The highest BCUT2D eigenvalue weighted by Crippen LogP contribution is 2.34. The summed E-state index contributed by atoms with van der Waals surface area (Å²) < 4.78 is 139. The summed E-state index contributed by atoms with van der Waals surface area (Å²) in [6, 6.07) is 35.9. The van der Waals surface area contributed by atoms with Crippen LogP contribution >= 0.6 is 0 Å². The Bertz CT molecular complexity index is 6910. The summed E-state index contributed by atoms with van der Waals surface area (Å²) in [5.41, 5.74) is 5.27. The van der Waals surface area contributed by atoms with E-state index in [0.29, 0.717) is 67.8 Å². The number of carbonyl (C=O) groups is 8. The van der Waals surface area contributed by atoms with Gasteiger partial charge in [-0.05, 0) is 174 Å². The minimum atomic E-state index is -4.01. The lowest BCUT2D eigenvalue weighted by Gasteiger charge is -2.24. The number of aliphatic hydroxyl groups excluding tert-OH is 1. The molecule has 0 bridgehead atoms. The van der Waals surface area contributed by atoms with E-state index >= 15 is 0 Å². The van der Waals surface area contributed by atoms with Gasteiger partial charge in [-0.25, -0.2) is 78.3 Å². The van der Waals surface area contributed by atoms with E-state index in [2.05, 4.69) is 39.7 Å². The molecule has 0 aliphatic carbocycles. The highest BCUT2D eigenvalue weighted by atomic mass is 32.2. The number of nitrogens with one attached hydrogen (secondary N) is 2. The number of H-pyrrole nitrogens is 1. The van der Waals surface area contributed by atoms with Crippen LogP contribution in [0.2, 0.25) is 0 Å². The van der Waals surface area contributed by atoms with E-state index in [1.807, 2.05) is 0 Å². The van der Waals surface area contributed by atoms with Crippen LogP contribution in [0.5, 0.6) is 0 Å². The summed E-state index contributed by atoms with van der Waals surface area (Å²) >= 11 is 0. The maximum atomic E-state index is 13.3. The van der Waals surface area contributed by atoms with Crippen molar-refractivity contribution in [2.24, 2.45) is 0 Å². The van der Waals surface area contributed by atoms with Crippen molar-refractivity contribution in [1.82, 2.24) is 55.9 Å². The van der Waals surface area contributed by atoms with Gasteiger partial charge in [-0.2, -0.15) is 0 Å². The molecule has 14 aromatic rings. The van der Waals surface area contributed by atoms with Gasteiger partial charge in [-0.1, -0.05) is 36.4 Å². The molecule has 0 fully saturated rings. The summed E-state index contributed by atoms with van der Waals surface area (Å²) in [5, 5.41) is 15.7. The number of hydrogen-bond donors (Lipinski definition) is 3. The number of ether oxygens (including phenoxy) is 6. The SMILES string of the molecule is CN(Cc1cn(S(=O)(=O)c2cccnc2)c2cc(CO)ccc12)C(=O)OC(C)(C)C.CNCc1cn(S(=O)(=O)c2cccnc2)c2cc(C(=O)OC)ccc12.COC(=O)c1ccc2c(C=O)c[nH]c2c1.COC(=O)c1ccc2c(C=O)cn(S(=O)(=O)c3cccnc3)c2c1.COC(=O)c1ccc2c(CN(C)C(=O)OC(C)(C)C)cn(S(=O)(=O)c3cccnc3)c2c1. The quantitative estimate of drug-likeness (QED) is 0.0342. The van der Waals surface area contributed by atoms with Gasteiger partial charge in [0.1, 0.15) is 30.8 Å². The van der Waals surface area contributed by atoms with Crippen LogP contribution < -0.4 is 5.32 Å². The monoisotopic (exact) mass is 1800 g/mol. The minimum Gasteiger partial charge on any atom is -0.465 e. The largest absolute Gasteiger partial charge is 0.465 e. The Morgan fingerprint density at radius 2 is 0.746 bits per heavy atom. The number of benzene rings is 5. The number of aldehydes is 2. The van der Waals surface area contributed by atoms with Crippen LogP contribution in [0.3, 0.4) is 0 Å². The van der Waals surface area contributed by atoms with Crippen LogP contribution in [0.4, 0.5) is 9.59 Å². The molecular weight excluding hydrogens is 1710 g/mol. The molecule has 35 nitrogen and oxygen atoms in total. The molecular formula is C87H88N12O23S4. The first-order chi connectivity index (χ1) is 59.7. The predicted octanol–water partition coefficient (Wildman–Crippen LogP) is 12.0. The molecule has 39 heteroatoms. The lowest BCUT2D eigenvalue weighted by atomic mass is 10.1. The normalized spacial score (nSPS) is 11.6. The Morgan fingerprint density at radius 3 is 1.08 bits per heavy atom. The smallest absolute Gasteiger partial charge is 0.410 e. The van der Waals surface area contributed by atoms with Crippen molar-refractivity contribution >= 4 is 143 Å². The predicted molar refractivity (Wildman–Crippen MR) is 464 cm³/mol. The summed E-state index contributed by atoms with van der Waals surface area (Å²) in [6.07, 6.45) is 18.6. The second-order valence-corrected chi connectivity index (χ2v) is 36.9. The van der Waals surface area contributed by atoms with Gasteiger partial charge < -0.3 is 53.6 Å². The number of aromatic nitrogens is 9. The number of esters is 4. The van der Waals surface area contributed by atoms with Crippen LogP contribution in [0.15, 0.2) is 240 Å². The number of rotatable bonds is 21. The molecule has 0 aliphatic rings. The highest BCUT2D eigenvalue weighted by Gasteiger charge is 2.30. The van der Waals surface area contributed by atoms with Gasteiger partial charge in [0.2, 0.25) is 0 Å². The van der Waals surface area contributed by atoms with Crippen molar-refractivity contribution in [1.29, 1.82) is 0 Å². The Kier molecular flexibility index (Phi) is 29.6. The Labute approximate surface area is 724 Å². The van der Waals surface area contributed by atoms with Crippen LogP contribution in [-0.4, -0.2) is 199 Å². The average Bonchev–Trinajstić information content (AvgIpc) is 1.62. The third-order valence-corrected chi connectivity index (χ3v) is 25.3. The fraction of sp³-hybridized carbons (Fsp3) is 0.218. The molecule has 0 aliphatic heterocycles. The van der Waals surface area contributed by atoms with Gasteiger partial charge in [0.15, 0.2) is 12.6 Å². The van der Waals surface area contributed by atoms with Gasteiger partial charge in [0.25, 0.3) is 40.1 Å². The van der Waals surface area contributed by atoms with Crippen molar-refractivity contribution in [2.45, 2.75) is 98.6 Å². The molecule has 0 unspecified atom stereocenters. The van der Waals surface area contributed by atoms with E-state index in [9.17, 15) is 77.1 Å². The second kappa shape index (κ2) is 39.6. The number of methoxy groups -OCH3 is 4. The average molecular weight is 1800 g/mol. The number of carbonyl (C=O) groups excluding carboxylic acids is 8. The fourth-order valence-corrected chi connectivity index (χ4v) is 18.0. The maximum Gasteiger partial charge on any atom is 0.410 e. The number of nitrogens with zero attached hydrogens (tertiary/aromatic N) is 10. The van der Waals surface area contributed by atoms with Crippen molar-refractivity contribution in [3.8, 4) is 0 Å². The molecule has 5 aromatic carbocycles. The zero-order valence-electron chi connectivity index (χ0n) is 70.3. The standard InChI is InChI=1S/C22H25N3O6S.C21H25N3O5S.C17H17N3O4S.C16H12N2O5S.C11H9NO3/c1-22(2,3)31-21(27)24(4)13-16-14-25(32(28,29)17-7-6-10-23-12-17)19-11-15(20(26)30-5)8-9-18(16)19;1-21(2,3)29-20(26)23(4)12-16-13-24(19-10-15(14-25)7-8-18(16)19)30(27,28)17-6-5-9-22-11-17;1-18-9-13-11-20(25(22,23)14-4-3-7-19-10-14)16-8-12(17(21)24-2)5-6-15(13)16;1-23-16(20)11-4-5-14-12(10-19)9-18(15(14)7-11)24(21,22)13-3-2-6-17-8-13;1-15-11(14)7-2-3-9-8(6-13)5-12-10(9)4-7/h6-12,14H,13H2,1-5H3;5-11,13,25H,12,14H2,1-4H3;3-8,10-11,18H,9H2,1-2H3;2-10H,1H3;2-6,12H,1H3. The lowest BCUT2D eigenvalue weighted by Crippen LogP contribution is -2.33. The molecule has 9 aromatic heterocycles. The Balaban J connectivity index is 0.000000167. The maximum absolute atomic E-state index is 13.3. The second-order valence-electron chi connectivity index (χ2n) is 29.6. The lowest BCUT2D eigenvalue weighted by molar-refractivity contribution is 0.0276. The fourth-order valence-electron chi connectivity index (χ4n) is 12.6. The molecule has 2 amide bonds. The highest BCUT2D eigenvalue weighted by molar-refractivity contribution is 7.91. The molecule has 14 rings (SSSR count). The summed E-state index contributed by atoms with van der Waals surface area (Å²) in [5.74, 6) is -2.11. The molecule has 3 N–H and O–H groups in total. The molecule has 126 heavy (non-hydrogen) atoms. The first-order valence-electron chi connectivity index (χ1n) is 37.9. The Hall–Kier alpha value is -14.1. The molecule has 0 radical (unpaired) electrons. The molecule has 0 saturated heterocycles. The summed E-state index contributed by atoms with van der Waals surface area (Å²) in [7, 11) is -5.70. The van der Waals surface area contributed by atoms with E-state index in [-0.39, 0.29) is 78.5 Å². The van der Waals surface area contributed by atoms with Gasteiger partial charge in [0, 0.05) is 145 Å². The van der Waals surface area contributed by atoms with E-state index in [0.717, 1.165) is 40.1 Å². The van der Waals surface area contributed by atoms with Crippen molar-refractivity contribution in [3.63, 3.8) is 0 Å². The number of pyridine rings is 4. The van der Waals surface area contributed by atoms with E-state index in [1.54, 1.807) is 148 Å². The van der Waals surface area contributed by atoms with E-state index in [4.69, 9.17) is 18.9 Å². The number of hydrogen-bond acceptors (Lipinski definition) is 28.